The van der Waals surface area contributed by atoms with Crippen LogP contribution in [0.15, 0.2) is 48.5 Å². The zero-order chi connectivity index (χ0) is 12.1. The molecule has 0 unspecified atom stereocenters. The third-order valence-corrected chi connectivity index (χ3v) is 3.03. The van der Waals surface area contributed by atoms with Crippen LogP contribution < -0.4 is 0 Å². The van der Waals surface area contributed by atoms with E-state index in [1.807, 2.05) is 12.1 Å². The number of methoxy groups -OCH3 is 1. The lowest BCUT2D eigenvalue weighted by Gasteiger charge is -2.08. The van der Waals surface area contributed by atoms with Crippen molar-refractivity contribution in [3.8, 4) is 11.1 Å². The van der Waals surface area contributed by atoms with Gasteiger partial charge in [0, 0.05) is 13.0 Å². The number of alkyl halides is 1. The van der Waals surface area contributed by atoms with Crippen LogP contribution in [0.1, 0.15) is 11.1 Å². The van der Waals surface area contributed by atoms with Crippen LogP contribution in [-0.4, -0.2) is 7.11 Å². The molecule has 0 atom stereocenters. The molecule has 0 aromatic heterocycles. The minimum atomic E-state index is 0.538. The van der Waals surface area contributed by atoms with Crippen LogP contribution in [0.4, 0.5) is 0 Å². The Balaban J connectivity index is 2.33. The van der Waals surface area contributed by atoms with Gasteiger partial charge in [-0.25, -0.2) is 0 Å². The van der Waals surface area contributed by atoms with Crippen molar-refractivity contribution in [1.82, 2.24) is 0 Å². The highest BCUT2D eigenvalue weighted by atomic mass is 35.5. The van der Waals surface area contributed by atoms with Gasteiger partial charge in [0.2, 0.25) is 0 Å². The van der Waals surface area contributed by atoms with Gasteiger partial charge in [-0.2, -0.15) is 0 Å². The Morgan fingerprint density at radius 1 is 1.00 bits per heavy atom. The van der Waals surface area contributed by atoms with Crippen molar-refractivity contribution in [1.29, 1.82) is 0 Å². The second kappa shape index (κ2) is 5.85. The van der Waals surface area contributed by atoms with E-state index < -0.39 is 0 Å². The van der Waals surface area contributed by atoms with E-state index in [0.29, 0.717) is 12.5 Å². The first-order valence-electron chi connectivity index (χ1n) is 5.57. The fourth-order valence-corrected chi connectivity index (χ4v) is 2.10. The number of ether oxygens (including phenoxy) is 1. The Morgan fingerprint density at radius 3 is 2.35 bits per heavy atom. The summed E-state index contributed by atoms with van der Waals surface area (Å²) in [6, 6.07) is 16.6. The summed E-state index contributed by atoms with van der Waals surface area (Å²) in [5.41, 5.74) is 4.74. The summed E-state index contributed by atoms with van der Waals surface area (Å²) >= 11 is 5.94. The molecule has 2 aromatic rings. The molecule has 0 aliphatic rings. The third-order valence-electron chi connectivity index (χ3n) is 2.74. The smallest absolute Gasteiger partial charge is 0.0713 e. The van der Waals surface area contributed by atoms with Gasteiger partial charge < -0.3 is 4.74 Å². The molecule has 17 heavy (non-hydrogen) atoms. The van der Waals surface area contributed by atoms with E-state index in [2.05, 4.69) is 36.4 Å². The molecule has 0 radical (unpaired) electrons. The maximum atomic E-state index is 5.94. The lowest BCUT2D eigenvalue weighted by Crippen LogP contribution is -1.89. The molecule has 0 aliphatic carbocycles. The first-order chi connectivity index (χ1) is 8.35. The van der Waals surface area contributed by atoms with Crippen molar-refractivity contribution in [3.05, 3.63) is 59.7 Å². The highest BCUT2D eigenvalue weighted by molar-refractivity contribution is 6.17. The minimum absolute atomic E-state index is 0.538. The van der Waals surface area contributed by atoms with Gasteiger partial charge in [-0.3, -0.25) is 0 Å². The zero-order valence-corrected chi connectivity index (χ0v) is 10.6. The van der Waals surface area contributed by atoms with Gasteiger partial charge in [0.25, 0.3) is 0 Å². The predicted octanol–water partition coefficient (Wildman–Crippen LogP) is 4.24. The number of hydrogen-bond donors (Lipinski definition) is 0. The van der Waals surface area contributed by atoms with Crippen LogP contribution in [0.3, 0.4) is 0 Å². The zero-order valence-electron chi connectivity index (χ0n) is 9.82. The van der Waals surface area contributed by atoms with Gasteiger partial charge in [-0.1, -0.05) is 48.5 Å². The summed E-state index contributed by atoms with van der Waals surface area (Å²) in [7, 11) is 1.71. The summed E-state index contributed by atoms with van der Waals surface area (Å²) in [6.45, 7) is 0.650. The van der Waals surface area contributed by atoms with E-state index in [1.165, 1.54) is 16.7 Å². The molecule has 2 aromatic carbocycles. The van der Waals surface area contributed by atoms with Crippen LogP contribution in [-0.2, 0) is 17.2 Å². The standard InChI is InChI=1S/C15H15ClO/c1-17-11-12-6-8-13(9-7-12)15-5-3-2-4-14(15)10-16/h2-9H,10-11H2,1H3. The Kier molecular flexibility index (Phi) is 4.18. The summed E-state index contributed by atoms with van der Waals surface area (Å²) in [4.78, 5) is 0. The maximum Gasteiger partial charge on any atom is 0.0713 e. The topological polar surface area (TPSA) is 9.23 Å². The normalized spacial score (nSPS) is 10.5. The Labute approximate surface area is 107 Å². The maximum absolute atomic E-state index is 5.94. The van der Waals surface area contributed by atoms with Gasteiger partial charge >= 0.3 is 0 Å². The summed E-state index contributed by atoms with van der Waals surface area (Å²) < 4.78 is 5.10. The second-order valence-corrected chi connectivity index (χ2v) is 4.19. The van der Waals surface area contributed by atoms with E-state index in [9.17, 15) is 0 Å². The average Bonchev–Trinajstić information content (AvgIpc) is 2.40. The fourth-order valence-electron chi connectivity index (χ4n) is 1.87. The molecule has 2 heteroatoms. The van der Waals surface area contributed by atoms with Crippen molar-refractivity contribution in [3.63, 3.8) is 0 Å². The van der Waals surface area contributed by atoms with Crippen molar-refractivity contribution < 1.29 is 4.74 Å². The molecule has 0 spiro atoms. The first-order valence-corrected chi connectivity index (χ1v) is 6.10. The van der Waals surface area contributed by atoms with E-state index in [0.717, 1.165) is 5.56 Å². The first kappa shape index (κ1) is 12.2. The second-order valence-electron chi connectivity index (χ2n) is 3.92. The molecule has 0 amide bonds. The van der Waals surface area contributed by atoms with Gasteiger partial charge in [-0.05, 0) is 22.3 Å². The van der Waals surface area contributed by atoms with E-state index in [1.54, 1.807) is 7.11 Å². The van der Waals surface area contributed by atoms with Crippen molar-refractivity contribution in [2.75, 3.05) is 7.11 Å². The highest BCUT2D eigenvalue weighted by Crippen LogP contribution is 2.25. The van der Waals surface area contributed by atoms with Crippen molar-refractivity contribution in [2.45, 2.75) is 12.5 Å². The Hall–Kier alpha value is -1.31. The minimum Gasteiger partial charge on any atom is -0.380 e. The monoisotopic (exact) mass is 246 g/mol. The molecule has 0 saturated heterocycles. The molecule has 0 saturated carbocycles. The van der Waals surface area contributed by atoms with Gasteiger partial charge in [0.05, 0.1) is 6.61 Å². The highest BCUT2D eigenvalue weighted by Gasteiger charge is 2.03. The van der Waals surface area contributed by atoms with Crippen LogP contribution in [0.25, 0.3) is 11.1 Å². The third kappa shape index (κ3) is 2.87. The molecule has 2 rings (SSSR count). The largest absolute Gasteiger partial charge is 0.380 e. The molecule has 0 fully saturated rings. The van der Waals surface area contributed by atoms with Crippen LogP contribution >= 0.6 is 11.6 Å². The van der Waals surface area contributed by atoms with E-state index in [-0.39, 0.29) is 0 Å². The Morgan fingerprint density at radius 2 is 1.71 bits per heavy atom. The van der Waals surface area contributed by atoms with Gasteiger partial charge in [0.15, 0.2) is 0 Å². The van der Waals surface area contributed by atoms with E-state index in [4.69, 9.17) is 16.3 Å². The predicted molar refractivity (Wildman–Crippen MR) is 72.1 cm³/mol. The SMILES string of the molecule is COCc1ccc(-c2ccccc2CCl)cc1. The van der Waals surface area contributed by atoms with Gasteiger partial charge in [0.1, 0.15) is 0 Å². The number of rotatable bonds is 4. The molecule has 88 valence electrons. The van der Waals surface area contributed by atoms with Gasteiger partial charge in [-0.15, -0.1) is 11.6 Å². The lowest BCUT2D eigenvalue weighted by molar-refractivity contribution is 0.185. The van der Waals surface area contributed by atoms with Crippen LogP contribution in [0, 0.1) is 0 Å². The summed E-state index contributed by atoms with van der Waals surface area (Å²) in [5, 5.41) is 0. The number of hydrogen-bond acceptors (Lipinski definition) is 1. The molecular formula is C15H15ClO. The molecule has 0 aliphatic heterocycles. The van der Waals surface area contributed by atoms with E-state index >= 15 is 0 Å². The Bertz CT molecular complexity index is 477. The molecular weight excluding hydrogens is 232 g/mol. The summed E-state index contributed by atoms with van der Waals surface area (Å²) in [5.74, 6) is 0.538. The molecule has 1 nitrogen and oxygen atoms in total. The molecule has 0 bridgehead atoms. The molecule has 0 N–H and O–H groups in total. The average molecular weight is 247 g/mol. The van der Waals surface area contributed by atoms with Crippen molar-refractivity contribution >= 4 is 11.6 Å². The lowest BCUT2D eigenvalue weighted by atomic mass is 10.00. The number of halogens is 1. The summed E-state index contributed by atoms with van der Waals surface area (Å²) in [6.07, 6.45) is 0. The van der Waals surface area contributed by atoms with Crippen LogP contribution in [0.2, 0.25) is 0 Å². The number of benzene rings is 2. The van der Waals surface area contributed by atoms with Crippen LogP contribution in [0.5, 0.6) is 0 Å². The quantitative estimate of drug-likeness (QED) is 0.734. The fraction of sp³-hybridized carbons (Fsp3) is 0.200. The van der Waals surface area contributed by atoms with Crippen molar-refractivity contribution in [2.24, 2.45) is 0 Å². The molecule has 0 heterocycles.